The summed E-state index contributed by atoms with van der Waals surface area (Å²) in [6.45, 7) is 0.847. The molecule has 0 aliphatic rings. The first-order valence-electron chi connectivity index (χ1n) is 7.86. The molecule has 0 aliphatic heterocycles. The maximum atomic E-state index is 12.1. The smallest absolute Gasteiger partial charge is 0.251 e. The molecule has 1 aromatic heterocycles. The molecule has 3 N–H and O–H groups in total. The van der Waals surface area contributed by atoms with Crippen molar-refractivity contribution in [2.24, 2.45) is 5.73 Å². The van der Waals surface area contributed by atoms with Crippen LogP contribution in [0, 0.1) is 0 Å². The summed E-state index contributed by atoms with van der Waals surface area (Å²) in [6, 6.07) is 11.8. The van der Waals surface area contributed by atoms with E-state index in [-0.39, 0.29) is 5.91 Å². The molecule has 128 valence electrons. The highest BCUT2D eigenvalue weighted by molar-refractivity contribution is 7.16. The molecule has 5 nitrogen and oxygen atoms in total. The number of carbonyl (C=O) groups is 2. The third kappa shape index (κ3) is 5.47. The summed E-state index contributed by atoms with van der Waals surface area (Å²) in [7, 11) is 3.94. The third-order valence-electron chi connectivity index (χ3n) is 3.53. The molecule has 0 unspecified atom stereocenters. The Hall–Kier alpha value is -2.18. The van der Waals surface area contributed by atoms with Gasteiger partial charge in [0.05, 0.1) is 5.56 Å². The highest BCUT2D eigenvalue weighted by Gasteiger charge is 2.16. The molecule has 2 rings (SSSR count). The molecule has 1 heterocycles. The van der Waals surface area contributed by atoms with Gasteiger partial charge in [0.25, 0.3) is 5.91 Å². The fraction of sp³-hybridized carbons (Fsp3) is 0.333. The van der Waals surface area contributed by atoms with Gasteiger partial charge in [-0.3, -0.25) is 9.59 Å². The Labute approximate surface area is 146 Å². The number of amides is 2. The molecule has 0 saturated heterocycles. The number of rotatable bonds is 8. The summed E-state index contributed by atoms with van der Waals surface area (Å²) in [6.07, 6.45) is 1.90. The van der Waals surface area contributed by atoms with Crippen molar-refractivity contribution in [3.8, 4) is 0 Å². The van der Waals surface area contributed by atoms with Gasteiger partial charge in [-0.1, -0.05) is 30.3 Å². The molecule has 0 saturated carbocycles. The zero-order chi connectivity index (χ0) is 17.5. The number of primary amides is 1. The van der Waals surface area contributed by atoms with Gasteiger partial charge in [0, 0.05) is 17.7 Å². The number of anilines is 1. The van der Waals surface area contributed by atoms with Crippen LogP contribution in [0.4, 0.5) is 5.00 Å². The Morgan fingerprint density at radius 2 is 1.92 bits per heavy atom. The lowest BCUT2D eigenvalue weighted by atomic mass is 10.1. The Morgan fingerprint density at radius 3 is 2.54 bits per heavy atom. The van der Waals surface area contributed by atoms with Gasteiger partial charge in [-0.2, -0.15) is 0 Å². The van der Waals surface area contributed by atoms with Crippen LogP contribution in [0.2, 0.25) is 0 Å². The molecule has 2 aromatic rings. The van der Waals surface area contributed by atoms with Crippen LogP contribution >= 0.6 is 11.3 Å². The standard InChI is InChI=1S/C18H23N3O2S/c1-21(2)10-6-9-16(22)20-18-15(17(19)23)12-14(24-18)11-13-7-4-3-5-8-13/h3-5,7-8,12H,6,9-11H2,1-2H3,(H2,19,23)(H,20,22). The van der Waals surface area contributed by atoms with E-state index < -0.39 is 5.91 Å². The summed E-state index contributed by atoms with van der Waals surface area (Å²) in [4.78, 5) is 26.7. The predicted molar refractivity (Wildman–Crippen MR) is 98.5 cm³/mol. The predicted octanol–water partition coefficient (Wildman–Crippen LogP) is 2.72. The van der Waals surface area contributed by atoms with E-state index >= 15 is 0 Å². The monoisotopic (exact) mass is 345 g/mol. The van der Waals surface area contributed by atoms with Crippen LogP contribution in [0.25, 0.3) is 0 Å². The van der Waals surface area contributed by atoms with E-state index in [0.29, 0.717) is 23.4 Å². The molecular weight excluding hydrogens is 322 g/mol. The molecule has 0 aliphatic carbocycles. The van der Waals surface area contributed by atoms with Crippen LogP contribution in [-0.4, -0.2) is 37.4 Å². The largest absolute Gasteiger partial charge is 0.366 e. The van der Waals surface area contributed by atoms with E-state index in [1.165, 1.54) is 11.3 Å². The summed E-state index contributed by atoms with van der Waals surface area (Å²) in [5, 5.41) is 3.38. The van der Waals surface area contributed by atoms with Gasteiger partial charge in [0.1, 0.15) is 5.00 Å². The third-order valence-corrected chi connectivity index (χ3v) is 4.58. The number of nitrogens with zero attached hydrogens (tertiary/aromatic N) is 1. The molecule has 0 fully saturated rings. The number of carbonyl (C=O) groups excluding carboxylic acids is 2. The quantitative estimate of drug-likeness (QED) is 0.772. The maximum Gasteiger partial charge on any atom is 0.251 e. The summed E-state index contributed by atoms with van der Waals surface area (Å²) in [5.41, 5.74) is 6.98. The van der Waals surface area contributed by atoms with E-state index in [1.807, 2.05) is 49.3 Å². The average molecular weight is 345 g/mol. The number of hydrogen-bond acceptors (Lipinski definition) is 4. The van der Waals surface area contributed by atoms with Crippen molar-refractivity contribution in [3.63, 3.8) is 0 Å². The first-order chi connectivity index (χ1) is 11.5. The lowest BCUT2D eigenvalue weighted by molar-refractivity contribution is -0.116. The van der Waals surface area contributed by atoms with Gasteiger partial charge in [0.2, 0.25) is 5.91 Å². The molecule has 2 amide bonds. The Morgan fingerprint density at radius 1 is 1.21 bits per heavy atom. The first-order valence-corrected chi connectivity index (χ1v) is 8.68. The Kier molecular flexibility index (Phi) is 6.52. The van der Waals surface area contributed by atoms with Gasteiger partial charge in [-0.05, 0) is 38.7 Å². The van der Waals surface area contributed by atoms with Crippen molar-refractivity contribution in [2.45, 2.75) is 19.3 Å². The lowest BCUT2D eigenvalue weighted by Crippen LogP contribution is -2.18. The van der Waals surface area contributed by atoms with Crippen LogP contribution < -0.4 is 11.1 Å². The van der Waals surface area contributed by atoms with Crippen molar-refractivity contribution in [1.29, 1.82) is 0 Å². The minimum atomic E-state index is -0.519. The van der Waals surface area contributed by atoms with Crippen LogP contribution in [0.3, 0.4) is 0 Å². The molecule has 0 spiro atoms. The molecular formula is C18H23N3O2S. The number of thiophene rings is 1. The van der Waals surface area contributed by atoms with Gasteiger partial charge >= 0.3 is 0 Å². The first kappa shape index (κ1) is 18.2. The van der Waals surface area contributed by atoms with Crippen LogP contribution in [0.15, 0.2) is 36.4 Å². The summed E-state index contributed by atoms with van der Waals surface area (Å²) < 4.78 is 0. The topological polar surface area (TPSA) is 75.4 Å². The maximum absolute atomic E-state index is 12.1. The highest BCUT2D eigenvalue weighted by Crippen LogP contribution is 2.29. The van der Waals surface area contributed by atoms with Gasteiger partial charge < -0.3 is 16.0 Å². The molecule has 1 aromatic carbocycles. The van der Waals surface area contributed by atoms with Gasteiger partial charge in [-0.25, -0.2) is 0 Å². The molecule has 6 heteroatoms. The van der Waals surface area contributed by atoms with Crippen molar-refractivity contribution in [1.82, 2.24) is 4.90 Å². The molecule has 0 atom stereocenters. The second-order valence-corrected chi connectivity index (χ2v) is 7.07. The Bertz CT molecular complexity index is 696. The summed E-state index contributed by atoms with van der Waals surface area (Å²) >= 11 is 1.41. The van der Waals surface area contributed by atoms with Gasteiger partial charge in [0.15, 0.2) is 0 Å². The number of benzene rings is 1. The van der Waals surface area contributed by atoms with Crippen molar-refractivity contribution >= 4 is 28.2 Å². The number of nitrogens with two attached hydrogens (primary N) is 1. The van der Waals surface area contributed by atoms with Crippen molar-refractivity contribution in [2.75, 3.05) is 26.0 Å². The second kappa shape index (κ2) is 8.61. The molecule has 0 bridgehead atoms. The minimum absolute atomic E-state index is 0.0903. The lowest BCUT2D eigenvalue weighted by Gasteiger charge is -2.09. The van der Waals surface area contributed by atoms with E-state index in [1.54, 1.807) is 6.07 Å². The highest BCUT2D eigenvalue weighted by atomic mass is 32.1. The normalized spacial score (nSPS) is 10.8. The fourth-order valence-electron chi connectivity index (χ4n) is 2.35. The van der Waals surface area contributed by atoms with Crippen LogP contribution in [-0.2, 0) is 11.2 Å². The SMILES string of the molecule is CN(C)CCCC(=O)Nc1sc(Cc2ccccc2)cc1C(N)=O. The van der Waals surface area contributed by atoms with E-state index in [9.17, 15) is 9.59 Å². The number of nitrogens with one attached hydrogen (secondary N) is 1. The van der Waals surface area contributed by atoms with E-state index in [4.69, 9.17) is 5.73 Å². The van der Waals surface area contributed by atoms with Crippen molar-refractivity contribution in [3.05, 3.63) is 52.4 Å². The molecule has 24 heavy (non-hydrogen) atoms. The Balaban J connectivity index is 2.05. The second-order valence-electron chi connectivity index (χ2n) is 5.94. The van der Waals surface area contributed by atoms with Crippen LogP contribution in [0.5, 0.6) is 0 Å². The average Bonchev–Trinajstić information content (AvgIpc) is 2.90. The molecule has 0 radical (unpaired) electrons. The fourth-order valence-corrected chi connectivity index (χ4v) is 3.46. The number of hydrogen-bond donors (Lipinski definition) is 2. The summed E-state index contributed by atoms with van der Waals surface area (Å²) in [5.74, 6) is -0.610. The van der Waals surface area contributed by atoms with E-state index in [0.717, 1.165) is 23.4 Å². The zero-order valence-corrected chi connectivity index (χ0v) is 14.9. The van der Waals surface area contributed by atoms with Crippen LogP contribution in [0.1, 0.15) is 33.6 Å². The van der Waals surface area contributed by atoms with Crippen molar-refractivity contribution < 1.29 is 9.59 Å². The minimum Gasteiger partial charge on any atom is -0.366 e. The van der Waals surface area contributed by atoms with Gasteiger partial charge in [-0.15, -0.1) is 11.3 Å². The zero-order valence-electron chi connectivity index (χ0n) is 14.0. The van der Waals surface area contributed by atoms with E-state index in [2.05, 4.69) is 5.32 Å².